The zero-order valence-electron chi connectivity index (χ0n) is 2.76. The quantitative estimate of drug-likeness (QED) is 0.357. The summed E-state index contributed by atoms with van der Waals surface area (Å²) in [6.45, 7) is 0. The van der Waals surface area contributed by atoms with Crippen LogP contribution in [0.3, 0.4) is 0 Å². The van der Waals surface area contributed by atoms with Crippen LogP contribution in [0, 0.1) is 0 Å². The minimum atomic E-state index is 1.75. The summed E-state index contributed by atoms with van der Waals surface area (Å²) < 4.78 is 0. The molecule has 1 radical (unpaired) electrons. The first kappa shape index (κ1) is 2.70. The van der Waals surface area contributed by atoms with Crippen molar-refractivity contribution in [3.8, 4) is 0 Å². The minimum absolute atomic E-state index is 1.75. The fourth-order valence-corrected chi connectivity index (χ4v) is 0.248. The highest BCUT2D eigenvalue weighted by atomic mass is 14.6. The molecule has 0 saturated heterocycles. The molecule has 0 fully saturated rings. The topological polar surface area (TPSA) is 12.4 Å². The Morgan fingerprint density at radius 3 is 2.80 bits per heavy atom. The second kappa shape index (κ2) is 1.06. The molecule has 23 valence electrons. The Labute approximate surface area is 31.7 Å². The van der Waals surface area contributed by atoms with Crippen LogP contribution in [0.1, 0.15) is 0 Å². The highest BCUT2D eigenvalue weighted by molar-refractivity contribution is 6.44. The maximum atomic E-state index is 3.72. The van der Waals surface area contributed by atoms with Gasteiger partial charge in [0.1, 0.15) is 0 Å². The van der Waals surface area contributed by atoms with Gasteiger partial charge in [0.15, 0.2) is 0 Å². The number of hydrogen-bond acceptors (Lipinski definition) is 1. The lowest BCUT2D eigenvalue weighted by atomic mass is 10.00. The third-order valence-electron chi connectivity index (χ3n) is 0.455. The SMILES string of the molecule is [B]1C=CC=N1. The van der Waals surface area contributed by atoms with E-state index >= 15 is 0 Å². The standard InChI is InChI=1S/C3H3BN/c1-2-4-5-3-1/h1-3H. The molecule has 0 saturated carbocycles. The van der Waals surface area contributed by atoms with E-state index < -0.39 is 0 Å². The van der Waals surface area contributed by atoms with Crippen LogP contribution in [0.25, 0.3) is 0 Å². The molecular formula is C3H3BN. The Morgan fingerprint density at radius 1 is 1.60 bits per heavy atom. The smallest absolute Gasteiger partial charge is 0.304 e. The first-order valence-corrected chi connectivity index (χ1v) is 1.52. The Bertz CT molecular complexity index is 65.0. The predicted molar refractivity (Wildman–Crippen MR) is 23.4 cm³/mol. The van der Waals surface area contributed by atoms with Gasteiger partial charge in [0.05, 0.1) is 0 Å². The Kier molecular flexibility index (Phi) is 0.574. The van der Waals surface area contributed by atoms with E-state index in [9.17, 15) is 0 Å². The van der Waals surface area contributed by atoms with E-state index in [4.69, 9.17) is 0 Å². The van der Waals surface area contributed by atoms with Gasteiger partial charge in [0.2, 0.25) is 0 Å². The van der Waals surface area contributed by atoms with E-state index in [1.807, 2.05) is 12.1 Å². The molecule has 1 nitrogen and oxygen atoms in total. The molecule has 0 aromatic rings. The van der Waals surface area contributed by atoms with Crippen molar-refractivity contribution in [3.63, 3.8) is 0 Å². The maximum Gasteiger partial charge on any atom is 0.304 e. The van der Waals surface area contributed by atoms with Gasteiger partial charge < -0.3 is 4.90 Å². The van der Waals surface area contributed by atoms with Gasteiger partial charge in [-0.3, -0.25) is 0 Å². The highest BCUT2D eigenvalue weighted by Gasteiger charge is 1.77. The molecule has 0 aliphatic carbocycles. The van der Waals surface area contributed by atoms with E-state index in [1.54, 1.807) is 13.6 Å². The Balaban J connectivity index is 2.61. The van der Waals surface area contributed by atoms with Crippen molar-refractivity contribution in [1.29, 1.82) is 0 Å². The van der Waals surface area contributed by atoms with Gasteiger partial charge in [-0.1, -0.05) is 12.1 Å². The summed E-state index contributed by atoms with van der Waals surface area (Å²) in [7, 11) is 1.75. The summed E-state index contributed by atoms with van der Waals surface area (Å²) in [5, 5.41) is 0. The molecule has 5 heavy (non-hydrogen) atoms. The summed E-state index contributed by atoms with van der Waals surface area (Å²) in [6.07, 6.45) is 3.64. The number of hydrogen-bond donors (Lipinski definition) is 0. The van der Waals surface area contributed by atoms with E-state index in [1.165, 1.54) is 0 Å². The molecular weight excluding hydrogens is 60.9 g/mol. The van der Waals surface area contributed by atoms with Crippen molar-refractivity contribution in [2.75, 3.05) is 0 Å². The van der Waals surface area contributed by atoms with Gasteiger partial charge >= 0.3 is 7.41 Å². The van der Waals surface area contributed by atoms with Gasteiger partial charge in [0, 0.05) is 6.21 Å². The van der Waals surface area contributed by atoms with Crippen molar-refractivity contribution in [3.05, 3.63) is 12.1 Å². The summed E-state index contributed by atoms with van der Waals surface area (Å²) in [5.41, 5.74) is 0. The average Bonchev–Trinajstić information content (AvgIpc) is 1.76. The van der Waals surface area contributed by atoms with Crippen LogP contribution in [-0.4, -0.2) is 13.6 Å². The number of rotatable bonds is 0. The van der Waals surface area contributed by atoms with E-state index in [0.717, 1.165) is 0 Å². The van der Waals surface area contributed by atoms with Gasteiger partial charge in [-0.15, -0.1) is 0 Å². The fraction of sp³-hybridized carbons (Fsp3) is 0. The lowest BCUT2D eigenvalue weighted by Gasteiger charge is -1.54. The Morgan fingerprint density at radius 2 is 2.60 bits per heavy atom. The Hall–Kier alpha value is -0.525. The van der Waals surface area contributed by atoms with Gasteiger partial charge in [-0.25, -0.2) is 0 Å². The normalized spacial score (nSPS) is 16.0. The van der Waals surface area contributed by atoms with E-state index in [-0.39, 0.29) is 0 Å². The average molecular weight is 63.9 g/mol. The molecule has 1 rings (SSSR count). The molecule has 2 heteroatoms. The van der Waals surface area contributed by atoms with Crippen LogP contribution in [-0.2, 0) is 0 Å². The molecule has 0 aromatic heterocycles. The van der Waals surface area contributed by atoms with E-state index in [2.05, 4.69) is 4.90 Å². The fourth-order valence-electron chi connectivity index (χ4n) is 0.248. The van der Waals surface area contributed by atoms with Crippen LogP contribution in [0.5, 0.6) is 0 Å². The highest BCUT2D eigenvalue weighted by Crippen LogP contribution is 1.75. The first-order valence-electron chi connectivity index (χ1n) is 1.52. The molecule has 0 unspecified atom stereocenters. The van der Waals surface area contributed by atoms with Gasteiger partial charge in [-0.05, 0) is 0 Å². The molecule has 1 aliphatic heterocycles. The van der Waals surface area contributed by atoms with Crippen LogP contribution < -0.4 is 0 Å². The van der Waals surface area contributed by atoms with Gasteiger partial charge in [0.25, 0.3) is 0 Å². The second-order valence-electron chi connectivity index (χ2n) is 0.832. The number of allylic oxidation sites excluding steroid dienone is 1. The predicted octanol–water partition coefficient (Wildman–Crippen LogP) is 0.204. The lowest BCUT2D eigenvalue weighted by Crippen LogP contribution is -1.63. The largest absolute Gasteiger partial charge is 0.350 e. The van der Waals surface area contributed by atoms with Crippen LogP contribution in [0.15, 0.2) is 17.0 Å². The summed E-state index contributed by atoms with van der Waals surface area (Å²) in [6, 6.07) is 0. The summed E-state index contributed by atoms with van der Waals surface area (Å²) in [4.78, 5) is 3.72. The monoisotopic (exact) mass is 64.0 g/mol. The third-order valence-corrected chi connectivity index (χ3v) is 0.455. The summed E-state index contributed by atoms with van der Waals surface area (Å²) in [5.74, 6) is 1.89. The van der Waals surface area contributed by atoms with Crippen LogP contribution in [0.4, 0.5) is 0 Å². The molecule has 1 heterocycles. The molecule has 0 aromatic carbocycles. The second-order valence-corrected chi connectivity index (χ2v) is 0.832. The van der Waals surface area contributed by atoms with Crippen LogP contribution in [0.2, 0.25) is 0 Å². The summed E-state index contributed by atoms with van der Waals surface area (Å²) >= 11 is 0. The zero-order chi connectivity index (χ0) is 3.54. The molecule has 0 atom stereocenters. The molecule has 0 N–H and O–H groups in total. The lowest BCUT2D eigenvalue weighted by molar-refractivity contribution is 1.94. The number of nitrogens with zero attached hydrogens (tertiary/aromatic N) is 1. The third kappa shape index (κ3) is 0.378. The van der Waals surface area contributed by atoms with E-state index in [0.29, 0.717) is 0 Å². The van der Waals surface area contributed by atoms with Crippen LogP contribution >= 0.6 is 0 Å². The van der Waals surface area contributed by atoms with Crippen molar-refractivity contribution in [1.82, 2.24) is 0 Å². The molecule has 0 amide bonds. The molecule has 0 spiro atoms. The van der Waals surface area contributed by atoms with Gasteiger partial charge in [-0.2, -0.15) is 0 Å². The zero-order valence-corrected chi connectivity index (χ0v) is 2.76. The molecule has 0 bridgehead atoms. The van der Waals surface area contributed by atoms with Crippen molar-refractivity contribution in [2.24, 2.45) is 4.90 Å². The van der Waals surface area contributed by atoms with Crippen molar-refractivity contribution >= 4 is 13.6 Å². The van der Waals surface area contributed by atoms with Crippen molar-refractivity contribution in [2.45, 2.75) is 0 Å². The molecule has 1 aliphatic rings. The van der Waals surface area contributed by atoms with Crippen molar-refractivity contribution < 1.29 is 0 Å². The minimum Gasteiger partial charge on any atom is -0.350 e. The maximum absolute atomic E-state index is 3.72. The first-order chi connectivity index (χ1) is 2.50.